The molecule has 0 saturated heterocycles. The summed E-state index contributed by atoms with van der Waals surface area (Å²) in [5, 5.41) is 0. The number of carbonyl (C=O) groups is 1. The van der Waals surface area contributed by atoms with Gasteiger partial charge in [-0.2, -0.15) is 0 Å². The fraction of sp³-hybridized carbons (Fsp3) is 0.917. The minimum atomic E-state index is -0.113. The van der Waals surface area contributed by atoms with Gasteiger partial charge >= 0.3 is 5.97 Å². The Morgan fingerprint density at radius 3 is 2.40 bits per heavy atom. The topological polar surface area (TPSA) is 35.5 Å². The number of hydrogen-bond donors (Lipinski definition) is 0. The molecule has 0 aliphatic heterocycles. The molecular weight excluding hydrogens is 192 g/mol. The molecule has 0 aliphatic rings. The molecule has 0 rings (SSSR count). The van der Waals surface area contributed by atoms with Gasteiger partial charge in [-0.1, -0.05) is 27.2 Å². The zero-order valence-electron chi connectivity index (χ0n) is 10.4. The van der Waals surface area contributed by atoms with Crippen molar-refractivity contribution in [2.45, 2.75) is 53.1 Å². The Bertz CT molecular complexity index is 166. The Hall–Kier alpha value is -0.570. The second-order valence-electron chi connectivity index (χ2n) is 4.14. The van der Waals surface area contributed by atoms with E-state index >= 15 is 0 Å². The molecule has 0 spiro atoms. The number of ether oxygens (including phenoxy) is 2. The molecule has 0 heterocycles. The van der Waals surface area contributed by atoms with E-state index in [-0.39, 0.29) is 12.1 Å². The maximum atomic E-state index is 11.1. The summed E-state index contributed by atoms with van der Waals surface area (Å²) in [6.45, 7) is 9.18. The zero-order chi connectivity index (χ0) is 11.7. The standard InChI is InChI=1S/C12H24O3/c1-5-6-7-12(13)15-9-8-14-11(4)10(2)3/h10-11H,5-9H2,1-4H3. The van der Waals surface area contributed by atoms with Gasteiger partial charge in [0.05, 0.1) is 12.7 Å². The lowest BCUT2D eigenvalue weighted by atomic mass is 10.1. The third-order valence-electron chi connectivity index (χ3n) is 2.40. The Morgan fingerprint density at radius 1 is 1.20 bits per heavy atom. The molecule has 90 valence electrons. The van der Waals surface area contributed by atoms with E-state index in [9.17, 15) is 4.79 Å². The molecule has 0 saturated carbocycles. The van der Waals surface area contributed by atoms with Crippen LogP contribution in [0.4, 0.5) is 0 Å². The van der Waals surface area contributed by atoms with Crippen LogP contribution in [0.2, 0.25) is 0 Å². The summed E-state index contributed by atoms with van der Waals surface area (Å²) < 4.78 is 10.5. The fourth-order valence-electron chi connectivity index (χ4n) is 0.975. The Labute approximate surface area is 93.1 Å². The van der Waals surface area contributed by atoms with Gasteiger partial charge < -0.3 is 9.47 Å². The molecule has 0 bridgehead atoms. The molecule has 3 heteroatoms. The smallest absolute Gasteiger partial charge is 0.305 e. The minimum absolute atomic E-state index is 0.113. The van der Waals surface area contributed by atoms with E-state index in [1.807, 2.05) is 6.92 Å². The Morgan fingerprint density at radius 2 is 1.87 bits per heavy atom. The molecule has 0 aromatic carbocycles. The van der Waals surface area contributed by atoms with E-state index in [0.29, 0.717) is 25.6 Å². The largest absolute Gasteiger partial charge is 0.463 e. The summed E-state index contributed by atoms with van der Waals surface area (Å²) in [4.78, 5) is 11.1. The molecule has 0 amide bonds. The second-order valence-corrected chi connectivity index (χ2v) is 4.14. The van der Waals surface area contributed by atoms with Gasteiger partial charge in [0, 0.05) is 6.42 Å². The number of hydrogen-bond acceptors (Lipinski definition) is 3. The quantitative estimate of drug-likeness (QED) is 0.462. The van der Waals surface area contributed by atoms with Crippen molar-refractivity contribution in [1.29, 1.82) is 0 Å². The van der Waals surface area contributed by atoms with Gasteiger partial charge in [0.1, 0.15) is 6.61 Å². The van der Waals surface area contributed by atoms with E-state index in [0.717, 1.165) is 12.8 Å². The first-order chi connectivity index (χ1) is 7.07. The van der Waals surface area contributed by atoms with Gasteiger partial charge in [-0.15, -0.1) is 0 Å². The predicted molar refractivity (Wildman–Crippen MR) is 60.7 cm³/mol. The third-order valence-corrected chi connectivity index (χ3v) is 2.40. The first-order valence-corrected chi connectivity index (χ1v) is 5.85. The lowest BCUT2D eigenvalue weighted by Gasteiger charge is -2.16. The summed E-state index contributed by atoms with van der Waals surface area (Å²) in [7, 11) is 0. The third kappa shape index (κ3) is 8.43. The van der Waals surface area contributed by atoms with Crippen molar-refractivity contribution in [3.63, 3.8) is 0 Å². The van der Waals surface area contributed by atoms with Crippen molar-refractivity contribution in [2.75, 3.05) is 13.2 Å². The lowest BCUT2D eigenvalue weighted by molar-refractivity contribution is -0.146. The monoisotopic (exact) mass is 216 g/mol. The van der Waals surface area contributed by atoms with Crippen LogP contribution in [0.3, 0.4) is 0 Å². The predicted octanol–water partition coefficient (Wildman–Crippen LogP) is 2.78. The molecular formula is C12H24O3. The van der Waals surface area contributed by atoms with Crippen LogP contribution in [0.1, 0.15) is 47.0 Å². The number of esters is 1. The van der Waals surface area contributed by atoms with Crippen molar-refractivity contribution >= 4 is 5.97 Å². The Kier molecular flexibility index (Phi) is 8.38. The van der Waals surface area contributed by atoms with Crippen molar-refractivity contribution in [3.05, 3.63) is 0 Å². The van der Waals surface area contributed by atoms with Crippen LogP contribution in [-0.2, 0) is 14.3 Å². The average molecular weight is 216 g/mol. The number of rotatable bonds is 8. The second kappa shape index (κ2) is 8.72. The van der Waals surface area contributed by atoms with Crippen molar-refractivity contribution in [1.82, 2.24) is 0 Å². The van der Waals surface area contributed by atoms with E-state index in [4.69, 9.17) is 9.47 Å². The van der Waals surface area contributed by atoms with Gasteiger partial charge in [0.2, 0.25) is 0 Å². The number of unbranched alkanes of at least 4 members (excludes halogenated alkanes) is 1. The number of carbonyl (C=O) groups excluding carboxylic acids is 1. The molecule has 0 radical (unpaired) electrons. The molecule has 0 N–H and O–H groups in total. The van der Waals surface area contributed by atoms with Crippen LogP contribution in [0.5, 0.6) is 0 Å². The first kappa shape index (κ1) is 14.4. The molecule has 3 nitrogen and oxygen atoms in total. The average Bonchev–Trinajstić information content (AvgIpc) is 2.20. The maximum absolute atomic E-state index is 11.1. The molecule has 0 aromatic rings. The summed E-state index contributed by atoms with van der Waals surface area (Å²) in [5.74, 6) is 0.387. The van der Waals surface area contributed by atoms with Gasteiger partial charge in [0.15, 0.2) is 0 Å². The van der Waals surface area contributed by atoms with Crippen molar-refractivity contribution < 1.29 is 14.3 Å². The van der Waals surface area contributed by atoms with E-state index < -0.39 is 0 Å². The summed E-state index contributed by atoms with van der Waals surface area (Å²) in [6, 6.07) is 0. The summed E-state index contributed by atoms with van der Waals surface area (Å²) >= 11 is 0. The van der Waals surface area contributed by atoms with E-state index in [1.165, 1.54) is 0 Å². The van der Waals surface area contributed by atoms with Crippen LogP contribution in [-0.4, -0.2) is 25.3 Å². The lowest BCUT2D eigenvalue weighted by Crippen LogP contribution is -2.19. The van der Waals surface area contributed by atoms with Crippen LogP contribution >= 0.6 is 0 Å². The van der Waals surface area contributed by atoms with Crippen LogP contribution in [0, 0.1) is 5.92 Å². The van der Waals surface area contributed by atoms with Crippen LogP contribution in [0.25, 0.3) is 0 Å². The van der Waals surface area contributed by atoms with E-state index in [2.05, 4.69) is 20.8 Å². The highest BCUT2D eigenvalue weighted by atomic mass is 16.6. The van der Waals surface area contributed by atoms with Gasteiger partial charge in [-0.3, -0.25) is 4.79 Å². The SMILES string of the molecule is CCCCC(=O)OCCOC(C)C(C)C. The van der Waals surface area contributed by atoms with Crippen molar-refractivity contribution in [3.8, 4) is 0 Å². The maximum Gasteiger partial charge on any atom is 0.305 e. The normalized spacial score (nSPS) is 12.9. The highest BCUT2D eigenvalue weighted by molar-refractivity contribution is 5.69. The molecule has 15 heavy (non-hydrogen) atoms. The Balaban J connectivity index is 3.34. The van der Waals surface area contributed by atoms with E-state index in [1.54, 1.807) is 0 Å². The minimum Gasteiger partial charge on any atom is -0.463 e. The van der Waals surface area contributed by atoms with Crippen LogP contribution < -0.4 is 0 Å². The summed E-state index contributed by atoms with van der Waals surface area (Å²) in [5.41, 5.74) is 0. The molecule has 1 unspecified atom stereocenters. The molecule has 0 fully saturated rings. The van der Waals surface area contributed by atoms with Crippen molar-refractivity contribution in [2.24, 2.45) is 5.92 Å². The highest BCUT2D eigenvalue weighted by Crippen LogP contribution is 2.04. The van der Waals surface area contributed by atoms with Gasteiger partial charge in [-0.05, 0) is 19.3 Å². The van der Waals surface area contributed by atoms with Crippen LogP contribution in [0.15, 0.2) is 0 Å². The molecule has 0 aliphatic carbocycles. The first-order valence-electron chi connectivity index (χ1n) is 5.85. The fourth-order valence-corrected chi connectivity index (χ4v) is 0.975. The zero-order valence-corrected chi connectivity index (χ0v) is 10.4. The summed E-state index contributed by atoms with van der Waals surface area (Å²) in [6.07, 6.45) is 2.67. The molecule has 1 atom stereocenters. The van der Waals surface area contributed by atoms with Gasteiger partial charge in [0.25, 0.3) is 0 Å². The highest BCUT2D eigenvalue weighted by Gasteiger charge is 2.07. The van der Waals surface area contributed by atoms with Gasteiger partial charge in [-0.25, -0.2) is 0 Å². The molecule has 0 aromatic heterocycles.